The smallest absolute Gasteiger partial charge is 0.263 e. The van der Waals surface area contributed by atoms with Crippen molar-refractivity contribution in [3.63, 3.8) is 0 Å². The van der Waals surface area contributed by atoms with Crippen molar-refractivity contribution in [2.45, 2.75) is 13.3 Å². The molecule has 2 aromatic rings. The van der Waals surface area contributed by atoms with E-state index in [1.807, 2.05) is 6.92 Å². The van der Waals surface area contributed by atoms with Crippen LogP contribution in [0.15, 0.2) is 24.3 Å². The average molecular weight is 374 g/mol. The van der Waals surface area contributed by atoms with Crippen LogP contribution in [0.2, 0.25) is 10.2 Å². The third-order valence-electron chi connectivity index (χ3n) is 3.31. The van der Waals surface area contributed by atoms with Gasteiger partial charge in [-0.3, -0.25) is 4.79 Å². The van der Waals surface area contributed by atoms with E-state index in [2.05, 4.69) is 10.3 Å². The molecule has 0 saturated carbocycles. The van der Waals surface area contributed by atoms with Crippen molar-refractivity contribution in [2.75, 3.05) is 9.62 Å². The first kappa shape index (κ1) is 16.2. The number of aldehydes is 1. The average Bonchev–Trinajstić information content (AvgIpc) is 2.85. The molecule has 1 atom stereocenters. The fraction of sp³-hybridized carbons (Fsp3) is 0.143. The number of benzene rings is 1. The van der Waals surface area contributed by atoms with Crippen molar-refractivity contribution in [1.82, 2.24) is 4.98 Å². The second-order valence-corrected chi connectivity index (χ2v) is 6.07. The van der Waals surface area contributed by atoms with Gasteiger partial charge in [0.2, 0.25) is 0 Å². The molecule has 1 aromatic carbocycles. The molecular formula is C14H10Cl2FN3O2S. The Morgan fingerprint density at radius 2 is 2.22 bits per heavy atom. The first-order valence-corrected chi connectivity index (χ1v) is 7.89. The van der Waals surface area contributed by atoms with Gasteiger partial charge in [0.15, 0.2) is 18.2 Å². The van der Waals surface area contributed by atoms with Crippen LogP contribution in [0.25, 0.3) is 0 Å². The summed E-state index contributed by atoms with van der Waals surface area (Å²) < 4.78 is 20.2. The molecule has 120 valence electrons. The lowest BCUT2D eigenvalue weighted by Gasteiger charge is -2.21. The number of aromatic nitrogens is 1. The van der Waals surface area contributed by atoms with Gasteiger partial charge in [-0.25, -0.2) is 9.29 Å². The third-order valence-corrected chi connectivity index (χ3v) is 4.50. The van der Waals surface area contributed by atoms with E-state index in [1.165, 1.54) is 4.31 Å². The number of carbonyl (C=O) groups excluding carboxylic acids is 1. The van der Waals surface area contributed by atoms with Crippen molar-refractivity contribution >= 4 is 53.3 Å². The first-order valence-electron chi connectivity index (χ1n) is 6.46. The number of carbonyl (C=O) groups is 1. The van der Waals surface area contributed by atoms with Gasteiger partial charge >= 0.3 is 0 Å². The van der Waals surface area contributed by atoms with Crippen molar-refractivity contribution in [1.29, 1.82) is 0 Å². The topological polar surface area (TPSA) is 54.5 Å². The van der Waals surface area contributed by atoms with Crippen LogP contribution in [0.5, 0.6) is 5.75 Å². The lowest BCUT2D eigenvalue weighted by atomic mass is 10.1. The predicted octanol–water partition coefficient (Wildman–Crippen LogP) is 4.64. The zero-order valence-corrected chi connectivity index (χ0v) is 14.0. The van der Waals surface area contributed by atoms with Gasteiger partial charge in [0.25, 0.3) is 6.35 Å². The van der Waals surface area contributed by atoms with E-state index < -0.39 is 6.35 Å². The fourth-order valence-electron chi connectivity index (χ4n) is 2.13. The minimum atomic E-state index is -0.857. The molecule has 0 spiro atoms. The van der Waals surface area contributed by atoms with Gasteiger partial charge in [-0.1, -0.05) is 29.3 Å². The van der Waals surface area contributed by atoms with Gasteiger partial charge in [-0.2, -0.15) is 0 Å². The highest BCUT2D eigenvalue weighted by atomic mass is 35.5. The Kier molecular flexibility index (Phi) is 4.52. The minimum absolute atomic E-state index is 0.0578. The van der Waals surface area contributed by atoms with Crippen LogP contribution < -0.4 is 14.4 Å². The summed E-state index contributed by atoms with van der Waals surface area (Å²) in [6, 6.07) is 6.58. The molecule has 1 aliphatic heterocycles. The van der Waals surface area contributed by atoms with Crippen LogP contribution in [0.1, 0.15) is 15.9 Å². The van der Waals surface area contributed by atoms with Gasteiger partial charge in [-0.05, 0) is 30.7 Å². The van der Waals surface area contributed by atoms with E-state index in [0.29, 0.717) is 17.0 Å². The Hall–Kier alpha value is -1.70. The van der Waals surface area contributed by atoms with Crippen LogP contribution in [0.3, 0.4) is 0 Å². The lowest BCUT2D eigenvalue weighted by Crippen LogP contribution is -2.35. The molecule has 5 nitrogen and oxygen atoms in total. The summed E-state index contributed by atoms with van der Waals surface area (Å²) in [5, 5.41) is 3.28. The molecule has 1 unspecified atom stereocenters. The second-order valence-electron chi connectivity index (χ2n) is 4.78. The molecule has 1 N–H and O–H groups in total. The molecule has 0 saturated heterocycles. The van der Waals surface area contributed by atoms with Crippen LogP contribution >= 0.6 is 35.5 Å². The first-order chi connectivity index (χ1) is 11.0. The summed E-state index contributed by atoms with van der Waals surface area (Å²) in [5.74, 6) is 0.693. The zero-order chi connectivity index (χ0) is 16.6. The number of anilines is 2. The van der Waals surface area contributed by atoms with Gasteiger partial charge in [0.1, 0.15) is 17.2 Å². The lowest BCUT2D eigenvalue weighted by molar-refractivity contribution is 0.112. The van der Waals surface area contributed by atoms with E-state index in [0.717, 1.165) is 11.8 Å². The highest BCUT2D eigenvalue weighted by Gasteiger charge is 2.34. The summed E-state index contributed by atoms with van der Waals surface area (Å²) in [6.45, 7) is 1.81. The highest BCUT2D eigenvalue weighted by molar-refractivity contribution is 7.95. The monoisotopic (exact) mass is 373 g/mol. The molecule has 0 radical (unpaired) electrons. The number of pyridine rings is 1. The predicted molar refractivity (Wildman–Crippen MR) is 90.0 cm³/mol. The van der Waals surface area contributed by atoms with Gasteiger partial charge in [-0.15, -0.1) is 3.89 Å². The normalized spacial score (nSPS) is 16.0. The Balaban J connectivity index is 1.88. The Bertz CT molecular complexity index is 778. The van der Waals surface area contributed by atoms with Crippen molar-refractivity contribution < 1.29 is 13.4 Å². The largest absolute Gasteiger partial charge is 0.451 e. The number of hydrogen-bond acceptors (Lipinski definition) is 6. The van der Waals surface area contributed by atoms with Gasteiger partial charge < -0.3 is 10.1 Å². The molecule has 0 fully saturated rings. The van der Waals surface area contributed by atoms with E-state index in [1.54, 1.807) is 24.3 Å². The van der Waals surface area contributed by atoms with E-state index in [-0.39, 0.29) is 28.3 Å². The van der Waals surface area contributed by atoms with E-state index in [4.69, 9.17) is 27.9 Å². The number of ether oxygens (including phenoxy) is 1. The summed E-state index contributed by atoms with van der Waals surface area (Å²) in [7, 11) is 0. The molecule has 1 aliphatic rings. The Labute approximate surface area is 146 Å². The van der Waals surface area contributed by atoms with E-state index in [9.17, 15) is 8.68 Å². The quantitative estimate of drug-likeness (QED) is 0.478. The van der Waals surface area contributed by atoms with Gasteiger partial charge in [0, 0.05) is 5.56 Å². The van der Waals surface area contributed by atoms with Crippen LogP contribution in [0, 0.1) is 6.92 Å². The van der Waals surface area contributed by atoms with Crippen LogP contribution in [0.4, 0.5) is 15.4 Å². The number of hydrogen-bond donors (Lipinski definition) is 1. The maximum absolute atomic E-state index is 13.3. The van der Waals surface area contributed by atoms with Crippen molar-refractivity contribution in [2.24, 2.45) is 0 Å². The van der Waals surface area contributed by atoms with Crippen LogP contribution in [-0.2, 0) is 0 Å². The number of fused-ring (bicyclic) bond motifs is 1. The van der Waals surface area contributed by atoms with E-state index >= 15 is 0 Å². The molecule has 0 bridgehead atoms. The molecule has 9 heteroatoms. The Morgan fingerprint density at radius 1 is 1.43 bits per heavy atom. The maximum atomic E-state index is 13.3. The second kappa shape index (κ2) is 6.43. The standard InChI is InChI=1S/C14H10Cl2FN3O2S/c1-7-2-3-9(4-8(7)6-21)22-14-18-11-5-10(15)12(16)19-13(11)20(14)23-17/h2-6,14,18H,1H3. The third kappa shape index (κ3) is 3.04. The number of rotatable bonds is 4. The Morgan fingerprint density at radius 3 is 2.91 bits per heavy atom. The molecule has 23 heavy (non-hydrogen) atoms. The zero-order valence-electron chi connectivity index (χ0n) is 11.7. The van der Waals surface area contributed by atoms with Crippen molar-refractivity contribution in [3.05, 3.63) is 45.6 Å². The number of nitrogens with zero attached hydrogens (tertiary/aromatic N) is 2. The maximum Gasteiger partial charge on any atom is 0.263 e. The fourth-order valence-corrected chi connectivity index (χ4v) is 2.79. The number of halogens is 3. The molecule has 1 aromatic heterocycles. The summed E-state index contributed by atoms with van der Waals surface area (Å²) in [5.41, 5.74) is 1.82. The van der Waals surface area contributed by atoms with Gasteiger partial charge in [0.05, 0.1) is 10.7 Å². The minimum Gasteiger partial charge on any atom is -0.451 e. The summed E-state index contributed by atoms with van der Waals surface area (Å²) in [4.78, 5) is 15.1. The summed E-state index contributed by atoms with van der Waals surface area (Å²) in [6.07, 6.45) is -0.119. The molecule has 2 heterocycles. The summed E-state index contributed by atoms with van der Waals surface area (Å²) >= 11 is 11.7. The van der Waals surface area contributed by atoms with Crippen LogP contribution in [-0.4, -0.2) is 17.6 Å². The molecule has 0 amide bonds. The van der Waals surface area contributed by atoms with Crippen molar-refractivity contribution in [3.8, 4) is 5.75 Å². The highest BCUT2D eigenvalue weighted by Crippen LogP contribution is 2.41. The SMILES string of the molecule is Cc1ccc(OC2Nc3cc(Cl)c(Cl)nc3N2SF)cc1C=O. The molecule has 0 aliphatic carbocycles. The molecular weight excluding hydrogens is 364 g/mol. The molecule has 3 rings (SSSR count). The number of aryl methyl sites for hydroxylation is 1. The number of nitrogens with one attached hydrogen (secondary N) is 1.